The zero-order valence-corrected chi connectivity index (χ0v) is 10.00. The smallest absolute Gasteiger partial charge is 0.228 e. The van der Waals surface area contributed by atoms with Gasteiger partial charge in [0.25, 0.3) is 0 Å². The second-order valence-electron chi connectivity index (χ2n) is 3.79. The third-order valence-corrected chi connectivity index (χ3v) is 3.09. The average molecular weight is 288 g/mol. The summed E-state index contributed by atoms with van der Waals surface area (Å²) in [6.45, 7) is 0.410. The molecule has 1 fully saturated rings. The van der Waals surface area contributed by atoms with Crippen LogP contribution in [-0.4, -0.2) is 18.5 Å². The van der Waals surface area contributed by atoms with Gasteiger partial charge in [-0.3, -0.25) is 4.79 Å². The molecule has 0 spiro atoms. The first kappa shape index (κ1) is 11.3. The van der Waals surface area contributed by atoms with Gasteiger partial charge in [0.05, 0.1) is 11.4 Å². The Bertz CT molecular complexity index is 429. The van der Waals surface area contributed by atoms with Crippen LogP contribution in [0.5, 0.6) is 0 Å². The minimum absolute atomic E-state index is 0.0912. The Kier molecular flexibility index (Phi) is 2.86. The number of hydrogen-bond donors (Lipinski definition) is 2. The molecule has 2 rings (SSSR count). The highest BCUT2D eigenvalue weighted by Crippen LogP contribution is 2.35. The van der Waals surface area contributed by atoms with Gasteiger partial charge in [0, 0.05) is 23.5 Å². The summed E-state index contributed by atoms with van der Waals surface area (Å²) in [4.78, 5) is 13.1. The Hall–Kier alpha value is -1.14. The first-order chi connectivity index (χ1) is 7.49. The van der Waals surface area contributed by atoms with Crippen molar-refractivity contribution in [1.82, 2.24) is 0 Å². The molecule has 6 heteroatoms. The Balaban J connectivity index is 2.44. The van der Waals surface area contributed by atoms with Crippen molar-refractivity contribution in [3.05, 3.63) is 22.4 Å². The topological polar surface area (TPSA) is 72.3 Å². The highest BCUT2D eigenvalue weighted by molar-refractivity contribution is 9.10. The first-order valence-electron chi connectivity index (χ1n) is 4.79. The second-order valence-corrected chi connectivity index (χ2v) is 4.65. The molecule has 1 aromatic rings. The van der Waals surface area contributed by atoms with Crippen molar-refractivity contribution >= 4 is 33.2 Å². The van der Waals surface area contributed by atoms with Crippen LogP contribution in [0.2, 0.25) is 0 Å². The van der Waals surface area contributed by atoms with Crippen molar-refractivity contribution in [1.29, 1.82) is 0 Å². The molecule has 4 N–H and O–H groups in total. The van der Waals surface area contributed by atoms with Crippen molar-refractivity contribution in [2.45, 2.75) is 12.5 Å². The van der Waals surface area contributed by atoms with Crippen molar-refractivity contribution in [2.24, 2.45) is 5.73 Å². The highest BCUT2D eigenvalue weighted by Gasteiger charge is 2.30. The number of nitrogens with zero attached hydrogens (tertiary/aromatic N) is 1. The summed E-state index contributed by atoms with van der Waals surface area (Å²) in [5.41, 5.74) is 12.1. The van der Waals surface area contributed by atoms with Gasteiger partial charge < -0.3 is 16.4 Å². The molecule has 1 aromatic carbocycles. The number of halogens is 2. The Morgan fingerprint density at radius 2 is 2.19 bits per heavy atom. The van der Waals surface area contributed by atoms with Crippen molar-refractivity contribution < 1.29 is 9.18 Å². The monoisotopic (exact) mass is 287 g/mol. The molecule has 1 unspecified atom stereocenters. The largest absolute Gasteiger partial charge is 0.397 e. The summed E-state index contributed by atoms with van der Waals surface area (Å²) in [5, 5.41) is 0. The molecule has 0 aromatic heterocycles. The van der Waals surface area contributed by atoms with E-state index in [4.69, 9.17) is 11.5 Å². The number of nitrogens with two attached hydrogens (primary N) is 2. The molecule has 0 bridgehead atoms. The lowest BCUT2D eigenvalue weighted by Gasteiger charge is -2.20. The van der Waals surface area contributed by atoms with Gasteiger partial charge in [-0.05, 0) is 28.1 Å². The summed E-state index contributed by atoms with van der Waals surface area (Å²) in [7, 11) is 0. The number of nitrogen functional groups attached to an aromatic ring is 1. The van der Waals surface area contributed by atoms with Gasteiger partial charge >= 0.3 is 0 Å². The van der Waals surface area contributed by atoms with E-state index >= 15 is 0 Å². The molecular formula is C10H11BrFN3O. The van der Waals surface area contributed by atoms with Crippen molar-refractivity contribution in [3.8, 4) is 0 Å². The van der Waals surface area contributed by atoms with E-state index in [9.17, 15) is 9.18 Å². The summed E-state index contributed by atoms with van der Waals surface area (Å²) in [5.74, 6) is -0.532. The molecule has 4 nitrogen and oxygen atoms in total. The number of hydrogen-bond acceptors (Lipinski definition) is 3. The van der Waals surface area contributed by atoms with E-state index in [1.165, 1.54) is 17.0 Å². The maximum atomic E-state index is 13.0. The van der Waals surface area contributed by atoms with Crippen LogP contribution in [-0.2, 0) is 4.79 Å². The fourth-order valence-electron chi connectivity index (χ4n) is 1.82. The molecule has 1 amide bonds. The standard InChI is InChI=1S/C10H11BrFN3O/c11-7-1-5(12)2-8(14)10(7)15-4-6(13)3-9(15)16/h1-2,6H,3-4,13-14H2. The Labute approximate surface area is 101 Å². The molecule has 0 aliphatic carbocycles. The highest BCUT2D eigenvalue weighted by atomic mass is 79.9. The average Bonchev–Trinajstić information content (AvgIpc) is 2.43. The number of benzene rings is 1. The predicted molar refractivity (Wildman–Crippen MR) is 63.5 cm³/mol. The fraction of sp³-hybridized carbons (Fsp3) is 0.300. The minimum Gasteiger partial charge on any atom is -0.397 e. The minimum atomic E-state index is -0.441. The van der Waals surface area contributed by atoms with Gasteiger partial charge in [-0.25, -0.2) is 4.39 Å². The molecular weight excluding hydrogens is 277 g/mol. The fourth-order valence-corrected chi connectivity index (χ4v) is 2.48. The van der Waals surface area contributed by atoms with Crippen LogP contribution in [0, 0.1) is 5.82 Å². The van der Waals surface area contributed by atoms with E-state index < -0.39 is 5.82 Å². The number of carbonyl (C=O) groups is 1. The zero-order chi connectivity index (χ0) is 11.9. The van der Waals surface area contributed by atoms with Crippen LogP contribution < -0.4 is 16.4 Å². The maximum Gasteiger partial charge on any atom is 0.228 e. The van der Waals surface area contributed by atoms with Crippen LogP contribution >= 0.6 is 15.9 Å². The van der Waals surface area contributed by atoms with E-state index in [0.29, 0.717) is 23.1 Å². The van der Waals surface area contributed by atoms with E-state index in [-0.39, 0.29) is 17.6 Å². The zero-order valence-electron chi connectivity index (χ0n) is 8.41. The third-order valence-electron chi connectivity index (χ3n) is 2.48. The number of carbonyl (C=O) groups excluding carboxylic acids is 1. The van der Waals surface area contributed by atoms with Gasteiger partial charge in [0.2, 0.25) is 5.91 Å². The van der Waals surface area contributed by atoms with E-state index in [1.807, 2.05) is 0 Å². The second kappa shape index (κ2) is 4.03. The van der Waals surface area contributed by atoms with E-state index in [1.54, 1.807) is 0 Å². The molecule has 86 valence electrons. The third kappa shape index (κ3) is 1.90. The number of rotatable bonds is 1. The van der Waals surface area contributed by atoms with E-state index in [2.05, 4.69) is 15.9 Å². The Morgan fingerprint density at radius 1 is 1.50 bits per heavy atom. The number of amides is 1. The lowest BCUT2D eigenvalue weighted by atomic mass is 10.2. The normalized spacial score (nSPS) is 20.6. The molecule has 1 aliphatic rings. The number of anilines is 2. The Morgan fingerprint density at radius 3 is 2.69 bits per heavy atom. The quantitative estimate of drug-likeness (QED) is 0.763. The SMILES string of the molecule is Nc1cc(F)cc(Br)c1N1CC(N)CC1=O. The lowest BCUT2D eigenvalue weighted by molar-refractivity contribution is -0.117. The van der Waals surface area contributed by atoms with Crippen LogP contribution in [0.15, 0.2) is 16.6 Å². The molecule has 0 radical (unpaired) electrons. The summed E-state index contributed by atoms with van der Waals surface area (Å²) < 4.78 is 13.5. The van der Waals surface area contributed by atoms with Gasteiger partial charge in [-0.1, -0.05) is 0 Å². The van der Waals surface area contributed by atoms with Gasteiger partial charge in [-0.2, -0.15) is 0 Å². The van der Waals surface area contributed by atoms with E-state index in [0.717, 1.165) is 0 Å². The molecule has 1 aliphatic heterocycles. The molecule has 16 heavy (non-hydrogen) atoms. The summed E-state index contributed by atoms with van der Waals surface area (Å²) in [6.07, 6.45) is 0.295. The summed E-state index contributed by atoms with van der Waals surface area (Å²) in [6, 6.07) is 2.28. The van der Waals surface area contributed by atoms with Crippen LogP contribution in [0.4, 0.5) is 15.8 Å². The van der Waals surface area contributed by atoms with Crippen LogP contribution in [0.25, 0.3) is 0 Å². The molecule has 1 heterocycles. The maximum absolute atomic E-state index is 13.0. The van der Waals surface area contributed by atoms with Gasteiger partial charge in [-0.15, -0.1) is 0 Å². The lowest BCUT2D eigenvalue weighted by Crippen LogP contribution is -2.29. The van der Waals surface area contributed by atoms with Gasteiger partial charge in [0.1, 0.15) is 5.82 Å². The van der Waals surface area contributed by atoms with Crippen LogP contribution in [0.1, 0.15) is 6.42 Å². The predicted octanol–water partition coefficient (Wildman–Crippen LogP) is 1.23. The summed E-state index contributed by atoms with van der Waals surface area (Å²) >= 11 is 3.20. The molecule has 1 saturated heterocycles. The van der Waals surface area contributed by atoms with Gasteiger partial charge in [0.15, 0.2) is 0 Å². The van der Waals surface area contributed by atoms with Crippen LogP contribution in [0.3, 0.4) is 0 Å². The molecule has 1 atom stereocenters. The molecule has 0 saturated carbocycles. The van der Waals surface area contributed by atoms with Crippen molar-refractivity contribution in [2.75, 3.05) is 17.2 Å². The first-order valence-corrected chi connectivity index (χ1v) is 5.59. The van der Waals surface area contributed by atoms with Crippen molar-refractivity contribution in [3.63, 3.8) is 0 Å².